The molecule has 33 heavy (non-hydrogen) atoms. The fourth-order valence-electron chi connectivity index (χ4n) is 3.51. The van der Waals surface area contributed by atoms with Crippen molar-refractivity contribution in [2.45, 2.75) is 20.0 Å². The maximum Gasteiger partial charge on any atom is 0.294 e. The molecule has 1 heterocycles. The van der Waals surface area contributed by atoms with Crippen molar-refractivity contribution in [2.24, 2.45) is 0 Å². The minimum Gasteiger partial charge on any atom is -0.494 e. The van der Waals surface area contributed by atoms with Crippen molar-refractivity contribution in [3.05, 3.63) is 90.4 Å². The number of rotatable bonds is 9. The topological polar surface area (TPSA) is 75.7 Å². The Balaban J connectivity index is 1.46. The number of benzene rings is 3. The van der Waals surface area contributed by atoms with Crippen LogP contribution in [0.3, 0.4) is 0 Å². The van der Waals surface area contributed by atoms with Gasteiger partial charge in [0, 0.05) is 12.2 Å². The van der Waals surface area contributed by atoms with E-state index in [0.29, 0.717) is 18.1 Å². The van der Waals surface area contributed by atoms with Gasteiger partial charge in [0.15, 0.2) is 5.76 Å². The van der Waals surface area contributed by atoms with Crippen LogP contribution in [-0.4, -0.2) is 19.1 Å². The molecule has 0 radical (unpaired) electrons. The van der Waals surface area contributed by atoms with E-state index in [1.807, 2.05) is 49.4 Å². The lowest BCUT2D eigenvalue weighted by Crippen LogP contribution is -2.31. The molecule has 0 fully saturated rings. The Morgan fingerprint density at radius 3 is 2.45 bits per heavy atom. The van der Waals surface area contributed by atoms with Gasteiger partial charge >= 0.3 is 0 Å². The van der Waals surface area contributed by atoms with E-state index >= 15 is 0 Å². The maximum atomic E-state index is 13.1. The highest BCUT2D eigenvalue weighted by Gasteiger charge is 2.21. The Kier molecular flexibility index (Phi) is 6.91. The van der Waals surface area contributed by atoms with E-state index in [9.17, 15) is 4.79 Å². The molecule has 1 amide bonds. The summed E-state index contributed by atoms with van der Waals surface area (Å²) < 4.78 is 17.1. The van der Waals surface area contributed by atoms with Gasteiger partial charge in [0.05, 0.1) is 19.1 Å². The number of anilines is 1. The Hall–Kier alpha value is -4.24. The van der Waals surface area contributed by atoms with Crippen LogP contribution in [0.25, 0.3) is 10.8 Å². The second kappa shape index (κ2) is 10.4. The van der Waals surface area contributed by atoms with E-state index < -0.39 is 0 Å². The zero-order valence-electron chi connectivity index (χ0n) is 18.4. The molecule has 0 spiro atoms. The molecule has 4 aromatic rings. The Morgan fingerprint density at radius 1 is 0.939 bits per heavy atom. The normalized spacial score (nSPS) is 10.5. The van der Waals surface area contributed by atoms with Crippen molar-refractivity contribution >= 4 is 22.4 Å². The fraction of sp³-hybridized carbons (Fsp3) is 0.185. The predicted molar refractivity (Wildman–Crippen MR) is 127 cm³/mol. The highest BCUT2D eigenvalue weighted by molar-refractivity contribution is 6.04. The molecule has 6 nitrogen and oxygen atoms in total. The van der Waals surface area contributed by atoms with Crippen molar-refractivity contribution in [1.29, 1.82) is 5.26 Å². The molecular formula is C27H24N2O4. The van der Waals surface area contributed by atoms with Crippen LogP contribution >= 0.6 is 0 Å². The summed E-state index contributed by atoms with van der Waals surface area (Å²) in [5, 5.41) is 11.3. The van der Waals surface area contributed by atoms with Crippen molar-refractivity contribution in [3.8, 4) is 17.6 Å². The summed E-state index contributed by atoms with van der Waals surface area (Å²) in [5.41, 5.74) is 0.670. The first-order valence-electron chi connectivity index (χ1n) is 10.8. The number of carbonyl (C=O) groups excluding carboxylic acids is 1. The molecule has 0 unspecified atom stereocenters. The largest absolute Gasteiger partial charge is 0.494 e. The van der Waals surface area contributed by atoms with Gasteiger partial charge in [-0.15, -0.1) is 0 Å². The SMILES string of the molecule is CCOc1ccc(N(CCC#N)C(=O)c2ccc(COc3ccc4ccccc4c3)o2)cc1. The molecule has 0 bridgehead atoms. The van der Waals surface area contributed by atoms with E-state index in [1.54, 1.807) is 36.4 Å². The number of carbonyl (C=O) groups is 1. The highest BCUT2D eigenvalue weighted by Crippen LogP contribution is 2.24. The van der Waals surface area contributed by atoms with E-state index in [0.717, 1.165) is 22.3 Å². The second-order valence-corrected chi connectivity index (χ2v) is 7.36. The van der Waals surface area contributed by atoms with Crippen molar-refractivity contribution in [3.63, 3.8) is 0 Å². The summed E-state index contributed by atoms with van der Waals surface area (Å²) in [6.45, 7) is 2.93. The molecule has 0 atom stereocenters. The molecule has 0 aliphatic carbocycles. The van der Waals surface area contributed by atoms with Crippen molar-refractivity contribution in [2.75, 3.05) is 18.1 Å². The summed E-state index contributed by atoms with van der Waals surface area (Å²) >= 11 is 0. The second-order valence-electron chi connectivity index (χ2n) is 7.36. The fourth-order valence-corrected chi connectivity index (χ4v) is 3.51. The standard InChI is InChI=1S/C27H24N2O4/c1-2-31-23-12-9-22(10-13-23)29(17-5-16-28)27(30)26-15-14-25(33-26)19-32-24-11-8-20-6-3-4-7-21(20)18-24/h3-4,6-15,18H,2,5,17,19H2,1H3. The van der Waals surface area contributed by atoms with Crippen LogP contribution in [0.5, 0.6) is 11.5 Å². The van der Waals surface area contributed by atoms with Crippen LogP contribution < -0.4 is 14.4 Å². The summed E-state index contributed by atoms with van der Waals surface area (Å²) in [6.07, 6.45) is 0.206. The molecule has 0 aliphatic rings. The van der Waals surface area contributed by atoms with Gasteiger partial charge in [-0.1, -0.05) is 30.3 Å². The van der Waals surface area contributed by atoms with Crippen molar-refractivity contribution < 1.29 is 18.7 Å². The average molecular weight is 440 g/mol. The number of fused-ring (bicyclic) bond motifs is 1. The maximum absolute atomic E-state index is 13.1. The Labute approximate surface area is 192 Å². The quantitative estimate of drug-likeness (QED) is 0.320. The van der Waals surface area contributed by atoms with E-state index in [-0.39, 0.29) is 31.2 Å². The van der Waals surface area contributed by atoms with Crippen LogP contribution in [0, 0.1) is 11.3 Å². The van der Waals surface area contributed by atoms with Crippen LogP contribution in [0.15, 0.2) is 83.3 Å². The third-order valence-corrected chi connectivity index (χ3v) is 5.13. The number of hydrogen-bond acceptors (Lipinski definition) is 5. The van der Waals surface area contributed by atoms with Gasteiger partial charge in [-0.3, -0.25) is 4.79 Å². The monoisotopic (exact) mass is 440 g/mol. The minimum absolute atomic E-state index is 0.193. The molecule has 1 aromatic heterocycles. The lowest BCUT2D eigenvalue weighted by molar-refractivity contribution is 0.0956. The third kappa shape index (κ3) is 5.34. The summed E-state index contributed by atoms with van der Waals surface area (Å²) in [4.78, 5) is 14.7. The zero-order valence-corrected chi connectivity index (χ0v) is 18.4. The Morgan fingerprint density at radius 2 is 1.70 bits per heavy atom. The first-order chi connectivity index (χ1) is 16.2. The minimum atomic E-state index is -0.314. The molecule has 3 aromatic carbocycles. The number of nitrogens with zero attached hydrogens (tertiary/aromatic N) is 2. The van der Waals surface area contributed by atoms with Gasteiger partial charge in [0.25, 0.3) is 5.91 Å². The highest BCUT2D eigenvalue weighted by atomic mass is 16.5. The third-order valence-electron chi connectivity index (χ3n) is 5.13. The predicted octanol–water partition coefficient (Wildman–Crippen LogP) is 5.97. The van der Waals surface area contributed by atoms with Gasteiger partial charge in [-0.25, -0.2) is 0 Å². The lowest BCUT2D eigenvalue weighted by atomic mass is 10.1. The van der Waals surface area contributed by atoms with E-state index in [1.165, 1.54) is 4.90 Å². The van der Waals surface area contributed by atoms with Crippen LogP contribution in [0.4, 0.5) is 5.69 Å². The first kappa shape index (κ1) is 22.0. The van der Waals surface area contributed by atoms with Gasteiger partial charge in [0.2, 0.25) is 0 Å². The molecule has 6 heteroatoms. The molecule has 0 saturated heterocycles. The number of hydrogen-bond donors (Lipinski definition) is 0. The molecule has 166 valence electrons. The Bertz CT molecular complexity index is 1270. The first-order valence-corrected chi connectivity index (χ1v) is 10.8. The average Bonchev–Trinajstić information content (AvgIpc) is 3.33. The summed E-state index contributed by atoms with van der Waals surface area (Å²) in [7, 11) is 0. The van der Waals surface area contributed by atoms with Gasteiger partial charge in [0.1, 0.15) is 23.9 Å². The molecule has 0 aliphatic heterocycles. The number of furan rings is 1. The van der Waals surface area contributed by atoms with Gasteiger partial charge < -0.3 is 18.8 Å². The molecular weight excluding hydrogens is 416 g/mol. The van der Waals surface area contributed by atoms with Crippen LogP contribution in [-0.2, 0) is 6.61 Å². The summed E-state index contributed by atoms with van der Waals surface area (Å²) in [5.74, 6) is 1.87. The smallest absolute Gasteiger partial charge is 0.294 e. The number of ether oxygens (including phenoxy) is 2. The molecule has 0 saturated carbocycles. The van der Waals surface area contributed by atoms with E-state index in [2.05, 4.69) is 6.07 Å². The number of amides is 1. The van der Waals surface area contributed by atoms with Gasteiger partial charge in [-0.05, 0) is 66.2 Å². The van der Waals surface area contributed by atoms with Crippen LogP contribution in [0.1, 0.15) is 29.7 Å². The van der Waals surface area contributed by atoms with Crippen LogP contribution in [0.2, 0.25) is 0 Å². The van der Waals surface area contributed by atoms with E-state index in [4.69, 9.17) is 19.2 Å². The molecule has 0 N–H and O–H groups in total. The van der Waals surface area contributed by atoms with Gasteiger partial charge in [-0.2, -0.15) is 5.26 Å². The molecule has 4 rings (SSSR count). The summed E-state index contributed by atoms with van der Waals surface area (Å²) in [6, 6.07) is 26.6. The number of nitriles is 1. The zero-order chi connectivity index (χ0) is 23.0. The van der Waals surface area contributed by atoms with Crippen molar-refractivity contribution in [1.82, 2.24) is 0 Å². The lowest BCUT2D eigenvalue weighted by Gasteiger charge is -2.21.